The third-order valence-corrected chi connectivity index (χ3v) is 8.70. The highest BCUT2D eigenvalue weighted by molar-refractivity contribution is 8.18. The van der Waals surface area contributed by atoms with Gasteiger partial charge in [-0.25, -0.2) is 0 Å². The number of phenols is 1. The molecule has 0 aliphatic carbocycles. The van der Waals surface area contributed by atoms with Gasteiger partial charge in [0.1, 0.15) is 11.5 Å². The lowest BCUT2D eigenvalue weighted by molar-refractivity contribution is -0.120. The van der Waals surface area contributed by atoms with Gasteiger partial charge in [-0.15, -0.1) is 23.5 Å². The van der Waals surface area contributed by atoms with Gasteiger partial charge in [0.25, 0.3) is 6.47 Å². The Morgan fingerprint density at radius 1 is 0.595 bits per heavy atom. The van der Waals surface area contributed by atoms with Crippen molar-refractivity contribution in [3.63, 3.8) is 0 Å². The maximum Gasteiger partial charge on any atom is 0.298 e. The lowest BCUT2D eigenvalue weighted by Crippen LogP contribution is -2.20. The Kier molecular flexibility index (Phi) is 9.00. The molecule has 3 nitrogen and oxygen atoms in total. The van der Waals surface area contributed by atoms with Gasteiger partial charge < -0.3 is 9.84 Å². The van der Waals surface area contributed by atoms with Crippen molar-refractivity contribution in [2.45, 2.75) is 132 Å². The monoisotopic (exact) mass is 544 g/mol. The first-order chi connectivity index (χ1) is 16.5. The van der Waals surface area contributed by atoms with Gasteiger partial charge in [0.05, 0.1) is 4.08 Å². The summed E-state index contributed by atoms with van der Waals surface area (Å²) in [5.41, 5.74) is 3.30. The van der Waals surface area contributed by atoms with E-state index in [9.17, 15) is 9.90 Å². The van der Waals surface area contributed by atoms with Crippen LogP contribution < -0.4 is 4.74 Å². The number of ether oxygens (including phenoxy) is 1. The van der Waals surface area contributed by atoms with Crippen LogP contribution in [0.15, 0.2) is 34.1 Å². The molecule has 0 spiro atoms. The number of hydrogen-bond acceptors (Lipinski definition) is 5. The number of phenolic OH excluding ortho intramolecular Hbond substituents is 1. The molecular weight excluding hydrogens is 496 g/mol. The first-order valence-electron chi connectivity index (χ1n) is 13.0. The summed E-state index contributed by atoms with van der Waals surface area (Å²) in [5, 5.41) is 11.2. The topological polar surface area (TPSA) is 46.5 Å². The van der Waals surface area contributed by atoms with Crippen molar-refractivity contribution in [3.05, 3.63) is 46.5 Å². The number of carbonyl (C=O) groups is 1. The van der Waals surface area contributed by atoms with E-state index in [0.717, 1.165) is 32.0 Å². The van der Waals surface area contributed by atoms with Crippen LogP contribution in [0.1, 0.15) is 119 Å². The molecule has 0 aliphatic heterocycles. The molecule has 0 radical (unpaired) electrons. The molecule has 2 rings (SSSR count). The number of thioether (sulfide) groups is 2. The Balaban J connectivity index is 2.62. The van der Waals surface area contributed by atoms with E-state index < -0.39 is 0 Å². The third-order valence-electron chi connectivity index (χ3n) is 6.27. The maximum atomic E-state index is 11.4. The van der Waals surface area contributed by atoms with Gasteiger partial charge in [-0.1, -0.05) is 83.1 Å². The summed E-state index contributed by atoms with van der Waals surface area (Å²) in [6.45, 7) is 30.8. The van der Waals surface area contributed by atoms with E-state index in [-0.39, 0.29) is 25.7 Å². The lowest BCUT2D eigenvalue weighted by Gasteiger charge is -2.32. The lowest BCUT2D eigenvalue weighted by atomic mass is 9.79. The van der Waals surface area contributed by atoms with Crippen molar-refractivity contribution < 1.29 is 14.6 Å². The zero-order chi connectivity index (χ0) is 28.8. The Hall–Kier alpha value is -1.59. The largest absolute Gasteiger partial charge is 0.507 e. The fraction of sp³-hybridized carbons (Fsp3) is 0.594. The molecule has 0 amide bonds. The summed E-state index contributed by atoms with van der Waals surface area (Å²) in [5.74, 6) is 1.08. The van der Waals surface area contributed by atoms with Crippen LogP contribution in [0.25, 0.3) is 0 Å². The summed E-state index contributed by atoms with van der Waals surface area (Å²) < 4.78 is 5.39. The molecule has 206 valence electrons. The van der Waals surface area contributed by atoms with E-state index in [1.54, 1.807) is 0 Å². The molecule has 1 N–H and O–H groups in total. The minimum atomic E-state index is -0.196. The molecular formula is C32H48O3S2. The molecule has 0 unspecified atom stereocenters. The summed E-state index contributed by atoms with van der Waals surface area (Å²) in [6, 6.07) is 8.66. The zero-order valence-corrected chi connectivity index (χ0v) is 27.1. The summed E-state index contributed by atoms with van der Waals surface area (Å²) in [4.78, 5) is 13.7. The van der Waals surface area contributed by atoms with E-state index >= 15 is 0 Å². The SMILES string of the molecule is CC(C)(Sc1cc(C(C)(C)C)c(O)c(C(C)(C)C)c1)Sc1cc(C(C)(C)C)c(OC=O)c(C(C)(C)C)c1. The second-order valence-electron chi connectivity index (χ2n) is 14.5. The van der Waals surface area contributed by atoms with E-state index in [4.69, 9.17) is 4.74 Å². The molecule has 2 aromatic rings. The van der Waals surface area contributed by atoms with Crippen molar-refractivity contribution >= 4 is 30.0 Å². The van der Waals surface area contributed by atoms with Gasteiger partial charge in [-0.2, -0.15) is 0 Å². The number of aromatic hydroxyl groups is 1. The molecule has 2 aromatic carbocycles. The quantitative estimate of drug-likeness (QED) is 0.223. The smallest absolute Gasteiger partial charge is 0.298 e. The van der Waals surface area contributed by atoms with E-state index in [1.165, 1.54) is 0 Å². The number of carbonyl (C=O) groups excluding carboxylic acids is 1. The number of benzene rings is 2. The third kappa shape index (κ3) is 7.95. The predicted octanol–water partition coefficient (Wildman–Crippen LogP) is 9.74. The molecule has 0 saturated heterocycles. The average molecular weight is 545 g/mol. The Bertz CT molecular complexity index is 1060. The van der Waals surface area contributed by atoms with Crippen molar-refractivity contribution in [2.75, 3.05) is 0 Å². The molecule has 0 bridgehead atoms. The van der Waals surface area contributed by atoms with E-state index in [0.29, 0.717) is 18.0 Å². The van der Waals surface area contributed by atoms with Gasteiger partial charge in [-0.3, -0.25) is 4.79 Å². The van der Waals surface area contributed by atoms with Crippen LogP contribution in [0.3, 0.4) is 0 Å². The van der Waals surface area contributed by atoms with Crippen LogP contribution in [0.2, 0.25) is 0 Å². The van der Waals surface area contributed by atoms with Crippen molar-refractivity contribution in [1.82, 2.24) is 0 Å². The first kappa shape index (κ1) is 31.6. The van der Waals surface area contributed by atoms with Gasteiger partial charge >= 0.3 is 0 Å². The molecule has 0 saturated carbocycles. The van der Waals surface area contributed by atoms with Crippen molar-refractivity contribution in [3.8, 4) is 11.5 Å². The zero-order valence-electron chi connectivity index (χ0n) is 25.5. The van der Waals surface area contributed by atoms with Crippen molar-refractivity contribution in [1.29, 1.82) is 0 Å². The van der Waals surface area contributed by atoms with Crippen LogP contribution in [0.5, 0.6) is 11.5 Å². The standard InChI is InChI=1S/C32H48O3S2/c1-28(2,3)22-15-20(16-23(26(22)34)29(4,5)6)36-32(13,14)37-21-17-24(30(7,8)9)27(35-19-33)25(18-21)31(10,11)12/h15-19,34H,1-14H3. The highest BCUT2D eigenvalue weighted by Gasteiger charge is 2.32. The molecule has 0 atom stereocenters. The van der Waals surface area contributed by atoms with Crippen LogP contribution in [-0.2, 0) is 26.5 Å². The summed E-state index contributed by atoms with van der Waals surface area (Å²) >= 11 is 3.63. The van der Waals surface area contributed by atoms with Crippen LogP contribution in [0.4, 0.5) is 0 Å². The minimum Gasteiger partial charge on any atom is -0.507 e. The minimum absolute atomic E-state index is 0.171. The average Bonchev–Trinajstić information content (AvgIpc) is 2.66. The normalized spacial score (nSPS) is 13.6. The summed E-state index contributed by atoms with van der Waals surface area (Å²) in [7, 11) is 0. The fourth-order valence-electron chi connectivity index (χ4n) is 4.35. The van der Waals surface area contributed by atoms with Crippen LogP contribution in [-0.4, -0.2) is 15.7 Å². The summed E-state index contributed by atoms with van der Waals surface area (Å²) in [6.07, 6.45) is 0. The molecule has 0 aromatic heterocycles. The van der Waals surface area contributed by atoms with Crippen LogP contribution in [0, 0.1) is 0 Å². The molecule has 0 heterocycles. The predicted molar refractivity (Wildman–Crippen MR) is 162 cm³/mol. The molecule has 5 heteroatoms. The first-order valence-corrected chi connectivity index (χ1v) is 14.7. The van der Waals surface area contributed by atoms with E-state index in [2.05, 4.69) is 121 Å². The van der Waals surface area contributed by atoms with E-state index in [1.807, 2.05) is 23.5 Å². The van der Waals surface area contributed by atoms with Crippen LogP contribution >= 0.6 is 23.5 Å². The molecule has 0 fully saturated rings. The van der Waals surface area contributed by atoms with Gasteiger partial charge in [-0.05, 0) is 59.8 Å². The van der Waals surface area contributed by atoms with Gasteiger partial charge in [0, 0.05) is 32.0 Å². The Morgan fingerprint density at radius 3 is 1.16 bits per heavy atom. The number of hydrogen-bond donors (Lipinski definition) is 1. The highest BCUT2D eigenvalue weighted by atomic mass is 32.2. The fourth-order valence-corrected chi connectivity index (χ4v) is 6.94. The number of rotatable bonds is 6. The Morgan fingerprint density at radius 2 is 0.892 bits per heavy atom. The van der Waals surface area contributed by atoms with Gasteiger partial charge in [0.15, 0.2) is 0 Å². The molecule has 0 aliphatic rings. The maximum absolute atomic E-state index is 11.4. The second-order valence-corrected chi connectivity index (χ2v) is 18.2. The van der Waals surface area contributed by atoms with Gasteiger partial charge in [0.2, 0.25) is 0 Å². The highest BCUT2D eigenvalue weighted by Crippen LogP contribution is 2.51. The Labute approximate surface area is 234 Å². The van der Waals surface area contributed by atoms with Crippen molar-refractivity contribution in [2.24, 2.45) is 0 Å². The second kappa shape index (κ2) is 10.5. The molecule has 37 heavy (non-hydrogen) atoms.